The summed E-state index contributed by atoms with van der Waals surface area (Å²) in [5.74, 6) is 1.01. The van der Waals surface area contributed by atoms with Crippen molar-refractivity contribution in [2.45, 2.75) is 38.8 Å². The van der Waals surface area contributed by atoms with Crippen LogP contribution in [-0.2, 0) is 13.0 Å². The minimum absolute atomic E-state index is 0.453. The Morgan fingerprint density at radius 2 is 2.19 bits per heavy atom. The van der Waals surface area contributed by atoms with Gasteiger partial charge in [-0.1, -0.05) is 18.2 Å². The second kappa shape index (κ2) is 6.27. The Morgan fingerprint density at radius 3 is 3.00 bits per heavy atom. The van der Waals surface area contributed by atoms with Gasteiger partial charge in [-0.25, -0.2) is 0 Å². The molecular formula is C18H22N2O. The van der Waals surface area contributed by atoms with Crippen molar-refractivity contribution in [2.75, 3.05) is 7.05 Å². The van der Waals surface area contributed by atoms with Crippen LogP contribution in [0.15, 0.2) is 36.5 Å². The van der Waals surface area contributed by atoms with Gasteiger partial charge in [0.25, 0.3) is 0 Å². The van der Waals surface area contributed by atoms with Crippen molar-refractivity contribution >= 4 is 0 Å². The van der Waals surface area contributed by atoms with E-state index >= 15 is 0 Å². The lowest BCUT2D eigenvalue weighted by molar-refractivity contribution is 0.294. The van der Waals surface area contributed by atoms with E-state index in [-0.39, 0.29) is 0 Å². The SMILES string of the molecule is CNC1CCCc2c(OCc3ncccc3C)cccc21. The molecule has 3 nitrogen and oxygen atoms in total. The number of hydrogen-bond donors (Lipinski definition) is 1. The molecule has 1 N–H and O–H groups in total. The summed E-state index contributed by atoms with van der Waals surface area (Å²) < 4.78 is 6.07. The highest BCUT2D eigenvalue weighted by atomic mass is 16.5. The zero-order valence-electron chi connectivity index (χ0n) is 12.7. The fourth-order valence-electron chi connectivity index (χ4n) is 3.07. The average molecular weight is 282 g/mol. The van der Waals surface area contributed by atoms with Crippen molar-refractivity contribution in [1.82, 2.24) is 10.3 Å². The van der Waals surface area contributed by atoms with Crippen molar-refractivity contribution in [3.8, 4) is 5.75 Å². The van der Waals surface area contributed by atoms with Gasteiger partial charge >= 0.3 is 0 Å². The van der Waals surface area contributed by atoms with E-state index in [4.69, 9.17) is 4.74 Å². The molecule has 0 radical (unpaired) electrons. The van der Waals surface area contributed by atoms with Gasteiger partial charge in [-0.3, -0.25) is 4.98 Å². The molecule has 1 atom stereocenters. The lowest BCUT2D eigenvalue weighted by Crippen LogP contribution is -2.22. The first kappa shape index (κ1) is 14.1. The van der Waals surface area contributed by atoms with Crippen molar-refractivity contribution in [3.63, 3.8) is 0 Å². The van der Waals surface area contributed by atoms with Crippen molar-refractivity contribution in [2.24, 2.45) is 0 Å². The van der Waals surface area contributed by atoms with Gasteiger partial charge in [-0.2, -0.15) is 0 Å². The van der Waals surface area contributed by atoms with Gasteiger partial charge in [0.05, 0.1) is 5.69 Å². The fourth-order valence-corrected chi connectivity index (χ4v) is 3.07. The molecule has 0 fully saturated rings. The molecule has 21 heavy (non-hydrogen) atoms. The van der Waals surface area contributed by atoms with Gasteiger partial charge in [0.1, 0.15) is 12.4 Å². The van der Waals surface area contributed by atoms with E-state index in [9.17, 15) is 0 Å². The van der Waals surface area contributed by atoms with E-state index in [0.29, 0.717) is 12.6 Å². The van der Waals surface area contributed by atoms with Crippen LogP contribution in [0.2, 0.25) is 0 Å². The number of aromatic nitrogens is 1. The van der Waals surface area contributed by atoms with Crippen molar-refractivity contribution < 1.29 is 4.74 Å². The van der Waals surface area contributed by atoms with E-state index in [0.717, 1.165) is 17.9 Å². The number of nitrogens with one attached hydrogen (secondary N) is 1. The number of pyridine rings is 1. The molecule has 1 aliphatic carbocycles. The van der Waals surface area contributed by atoms with Crippen molar-refractivity contribution in [3.05, 3.63) is 58.9 Å². The topological polar surface area (TPSA) is 34.1 Å². The summed E-state index contributed by atoms with van der Waals surface area (Å²) in [7, 11) is 2.03. The molecule has 1 aromatic heterocycles. The minimum atomic E-state index is 0.453. The maximum Gasteiger partial charge on any atom is 0.130 e. The summed E-state index contributed by atoms with van der Waals surface area (Å²) in [6.45, 7) is 2.61. The van der Waals surface area contributed by atoms with Gasteiger partial charge < -0.3 is 10.1 Å². The van der Waals surface area contributed by atoms with E-state index < -0.39 is 0 Å². The molecule has 1 aliphatic rings. The molecule has 3 heteroatoms. The summed E-state index contributed by atoms with van der Waals surface area (Å²) >= 11 is 0. The van der Waals surface area contributed by atoms with Crippen LogP contribution in [0.25, 0.3) is 0 Å². The Bertz CT molecular complexity index is 624. The van der Waals surface area contributed by atoms with Crippen LogP contribution in [0.3, 0.4) is 0 Å². The third-order valence-electron chi connectivity index (χ3n) is 4.29. The molecule has 0 amide bonds. The van der Waals surface area contributed by atoms with Crippen LogP contribution < -0.4 is 10.1 Å². The summed E-state index contributed by atoms with van der Waals surface area (Å²) in [6, 6.07) is 10.9. The Labute approximate surface area is 126 Å². The molecule has 0 saturated carbocycles. The van der Waals surface area contributed by atoms with Crippen LogP contribution in [0.4, 0.5) is 0 Å². The fraction of sp³-hybridized carbons (Fsp3) is 0.389. The average Bonchev–Trinajstić information content (AvgIpc) is 2.53. The molecule has 3 rings (SSSR count). The largest absolute Gasteiger partial charge is 0.487 e. The zero-order valence-corrected chi connectivity index (χ0v) is 12.7. The molecule has 1 unspecified atom stereocenters. The third-order valence-corrected chi connectivity index (χ3v) is 4.29. The lowest BCUT2D eigenvalue weighted by Gasteiger charge is -2.26. The molecular weight excluding hydrogens is 260 g/mol. The minimum Gasteiger partial charge on any atom is -0.487 e. The van der Waals surface area contributed by atoms with Crippen LogP contribution in [0.1, 0.15) is 41.3 Å². The first-order valence-corrected chi connectivity index (χ1v) is 7.62. The molecule has 1 aromatic carbocycles. The second-order valence-corrected chi connectivity index (χ2v) is 5.61. The van der Waals surface area contributed by atoms with Crippen LogP contribution >= 0.6 is 0 Å². The monoisotopic (exact) mass is 282 g/mol. The van der Waals surface area contributed by atoms with Crippen LogP contribution in [-0.4, -0.2) is 12.0 Å². The highest BCUT2D eigenvalue weighted by Crippen LogP contribution is 2.35. The van der Waals surface area contributed by atoms with E-state index in [1.807, 2.05) is 19.3 Å². The maximum atomic E-state index is 6.07. The third kappa shape index (κ3) is 2.93. The number of rotatable bonds is 4. The molecule has 0 spiro atoms. The first-order chi connectivity index (χ1) is 10.3. The van der Waals surface area contributed by atoms with Crippen LogP contribution in [0.5, 0.6) is 5.75 Å². The Balaban J connectivity index is 1.82. The van der Waals surface area contributed by atoms with Gasteiger partial charge in [0.2, 0.25) is 0 Å². The number of ether oxygens (including phenoxy) is 1. The number of aryl methyl sites for hydroxylation is 1. The predicted octanol–water partition coefficient (Wildman–Crippen LogP) is 3.57. The van der Waals surface area contributed by atoms with E-state index in [1.165, 1.54) is 29.5 Å². The lowest BCUT2D eigenvalue weighted by atomic mass is 9.87. The van der Waals surface area contributed by atoms with E-state index in [2.05, 4.69) is 41.5 Å². The van der Waals surface area contributed by atoms with E-state index in [1.54, 1.807) is 0 Å². The highest BCUT2D eigenvalue weighted by Gasteiger charge is 2.21. The standard InChI is InChI=1S/C18H22N2O/c1-13-6-5-11-20-17(13)12-21-18-10-4-7-14-15(18)8-3-9-16(14)19-2/h4-7,10-11,16,19H,3,8-9,12H2,1-2H3. The number of benzene rings is 1. The smallest absolute Gasteiger partial charge is 0.130 e. The second-order valence-electron chi connectivity index (χ2n) is 5.61. The predicted molar refractivity (Wildman–Crippen MR) is 84.5 cm³/mol. The summed E-state index contributed by atoms with van der Waals surface area (Å²) in [6.07, 6.45) is 5.34. The maximum absolute atomic E-state index is 6.07. The van der Waals surface area contributed by atoms with Gasteiger partial charge in [-0.15, -0.1) is 0 Å². The Kier molecular flexibility index (Phi) is 4.20. The highest BCUT2D eigenvalue weighted by molar-refractivity contribution is 5.43. The molecule has 110 valence electrons. The summed E-state index contributed by atoms with van der Waals surface area (Å²) in [4.78, 5) is 4.40. The molecule has 0 aliphatic heterocycles. The number of fused-ring (bicyclic) bond motifs is 1. The first-order valence-electron chi connectivity index (χ1n) is 7.62. The quantitative estimate of drug-likeness (QED) is 0.931. The zero-order chi connectivity index (χ0) is 14.7. The van der Waals surface area contributed by atoms with Crippen LogP contribution in [0, 0.1) is 6.92 Å². The van der Waals surface area contributed by atoms with Crippen molar-refractivity contribution in [1.29, 1.82) is 0 Å². The molecule has 0 bridgehead atoms. The Hall–Kier alpha value is -1.87. The molecule has 0 saturated heterocycles. The molecule has 1 heterocycles. The summed E-state index contributed by atoms with van der Waals surface area (Å²) in [5.41, 5.74) is 4.93. The van der Waals surface area contributed by atoms with Gasteiger partial charge in [0, 0.05) is 12.2 Å². The van der Waals surface area contributed by atoms with Gasteiger partial charge in [0.15, 0.2) is 0 Å². The normalized spacial score (nSPS) is 17.3. The summed E-state index contributed by atoms with van der Waals surface area (Å²) in [5, 5.41) is 3.40. The number of nitrogens with zero attached hydrogens (tertiary/aromatic N) is 1. The number of hydrogen-bond acceptors (Lipinski definition) is 3. The Morgan fingerprint density at radius 1 is 1.29 bits per heavy atom. The molecule has 2 aromatic rings. The van der Waals surface area contributed by atoms with Gasteiger partial charge in [-0.05, 0) is 62.1 Å².